The van der Waals surface area contributed by atoms with Gasteiger partial charge in [0, 0.05) is 10.5 Å². The Morgan fingerprint density at radius 2 is 2.00 bits per heavy atom. The molecule has 0 saturated heterocycles. The van der Waals surface area contributed by atoms with Gasteiger partial charge in [-0.05, 0) is 43.5 Å². The first kappa shape index (κ1) is 16.5. The van der Waals surface area contributed by atoms with E-state index in [1.807, 2.05) is 6.92 Å². The first-order valence-electron chi connectivity index (χ1n) is 7.29. The summed E-state index contributed by atoms with van der Waals surface area (Å²) in [6, 6.07) is 6.71. The molecule has 2 nitrogen and oxygen atoms in total. The average Bonchev–Trinajstić information content (AvgIpc) is 2.37. The predicted molar refractivity (Wildman–Crippen MR) is 85.8 cm³/mol. The highest BCUT2D eigenvalue weighted by molar-refractivity contribution is 9.10. The number of benzene rings is 1. The maximum Gasteiger partial charge on any atom is 0.120 e. The molecule has 1 aromatic carbocycles. The molecule has 0 aromatic heterocycles. The molecule has 0 radical (unpaired) electrons. The van der Waals surface area contributed by atoms with Gasteiger partial charge in [-0.2, -0.15) is 0 Å². The molecule has 0 aliphatic heterocycles. The maximum atomic E-state index is 5.54. The molecule has 108 valence electrons. The molecule has 1 rings (SSSR count). The van der Waals surface area contributed by atoms with Gasteiger partial charge in [0.25, 0.3) is 0 Å². The topological polar surface area (TPSA) is 21.3 Å². The van der Waals surface area contributed by atoms with Crippen molar-refractivity contribution in [1.82, 2.24) is 5.32 Å². The van der Waals surface area contributed by atoms with Crippen molar-refractivity contribution >= 4 is 15.9 Å². The molecule has 0 saturated carbocycles. The third kappa shape index (κ3) is 4.81. The molecular weight excluding hydrogens is 302 g/mol. The second-order valence-electron chi connectivity index (χ2n) is 4.92. The summed E-state index contributed by atoms with van der Waals surface area (Å²) in [6.45, 7) is 10.4. The van der Waals surface area contributed by atoms with Gasteiger partial charge in [0.2, 0.25) is 0 Å². The zero-order valence-electron chi connectivity index (χ0n) is 12.5. The van der Waals surface area contributed by atoms with Gasteiger partial charge in [-0.3, -0.25) is 0 Å². The molecule has 0 bridgehead atoms. The monoisotopic (exact) mass is 327 g/mol. The normalized spacial score (nSPS) is 14.2. The molecule has 3 heteroatoms. The van der Waals surface area contributed by atoms with E-state index in [2.05, 4.69) is 60.2 Å². The molecule has 0 amide bonds. The van der Waals surface area contributed by atoms with Gasteiger partial charge in [0.05, 0.1) is 6.61 Å². The molecule has 1 N–H and O–H groups in total. The van der Waals surface area contributed by atoms with Crippen molar-refractivity contribution in [2.24, 2.45) is 5.92 Å². The third-order valence-electron chi connectivity index (χ3n) is 3.36. The van der Waals surface area contributed by atoms with Gasteiger partial charge < -0.3 is 10.1 Å². The lowest BCUT2D eigenvalue weighted by molar-refractivity contribution is 0.338. The molecule has 0 fully saturated rings. The molecule has 1 aromatic rings. The van der Waals surface area contributed by atoms with E-state index in [9.17, 15) is 0 Å². The van der Waals surface area contributed by atoms with Crippen LogP contribution in [0.3, 0.4) is 0 Å². The zero-order valence-corrected chi connectivity index (χ0v) is 14.1. The van der Waals surface area contributed by atoms with Crippen molar-refractivity contribution in [1.29, 1.82) is 0 Å². The van der Waals surface area contributed by atoms with Crippen LogP contribution in [0.4, 0.5) is 0 Å². The smallest absolute Gasteiger partial charge is 0.120 e. The minimum Gasteiger partial charge on any atom is -0.494 e. The van der Waals surface area contributed by atoms with E-state index in [1.165, 1.54) is 18.4 Å². The Labute approximate surface area is 126 Å². The van der Waals surface area contributed by atoms with Crippen molar-refractivity contribution < 1.29 is 4.74 Å². The van der Waals surface area contributed by atoms with Crippen molar-refractivity contribution in [3.8, 4) is 5.75 Å². The summed E-state index contributed by atoms with van der Waals surface area (Å²) in [5, 5.41) is 3.60. The van der Waals surface area contributed by atoms with Gasteiger partial charge in [0.15, 0.2) is 0 Å². The Bertz CT molecular complexity index is 381. The van der Waals surface area contributed by atoms with Gasteiger partial charge in [0.1, 0.15) is 5.75 Å². The quantitative estimate of drug-likeness (QED) is 0.730. The SMILES string of the molecule is CCCC(C)C(NCC)c1ccc(OCC)cc1Br. The molecule has 0 spiro atoms. The highest BCUT2D eigenvalue weighted by Gasteiger charge is 2.20. The lowest BCUT2D eigenvalue weighted by Gasteiger charge is -2.26. The lowest BCUT2D eigenvalue weighted by Crippen LogP contribution is -2.27. The van der Waals surface area contributed by atoms with Crippen LogP contribution in [0, 0.1) is 5.92 Å². The van der Waals surface area contributed by atoms with Crippen LogP contribution < -0.4 is 10.1 Å². The van der Waals surface area contributed by atoms with Crippen molar-refractivity contribution in [2.75, 3.05) is 13.2 Å². The number of hydrogen-bond donors (Lipinski definition) is 1. The van der Waals surface area contributed by atoms with Crippen LogP contribution >= 0.6 is 15.9 Å². The number of halogens is 1. The predicted octanol–water partition coefficient (Wildman–Crippen LogP) is 4.93. The van der Waals surface area contributed by atoms with Crippen LogP contribution in [-0.2, 0) is 0 Å². The molecule has 0 heterocycles. The number of ether oxygens (including phenoxy) is 1. The molecule has 19 heavy (non-hydrogen) atoms. The third-order valence-corrected chi connectivity index (χ3v) is 4.04. The lowest BCUT2D eigenvalue weighted by atomic mass is 9.91. The summed E-state index contributed by atoms with van der Waals surface area (Å²) < 4.78 is 6.67. The second kappa shape index (κ2) is 8.60. The second-order valence-corrected chi connectivity index (χ2v) is 5.77. The van der Waals surface area contributed by atoms with Crippen LogP contribution in [0.25, 0.3) is 0 Å². The highest BCUT2D eigenvalue weighted by atomic mass is 79.9. The van der Waals surface area contributed by atoms with Gasteiger partial charge >= 0.3 is 0 Å². The summed E-state index contributed by atoms with van der Waals surface area (Å²) >= 11 is 3.69. The fourth-order valence-corrected chi connectivity index (χ4v) is 3.08. The summed E-state index contributed by atoms with van der Waals surface area (Å²) in [4.78, 5) is 0. The fourth-order valence-electron chi connectivity index (χ4n) is 2.48. The first-order valence-corrected chi connectivity index (χ1v) is 8.08. The summed E-state index contributed by atoms with van der Waals surface area (Å²) in [5.41, 5.74) is 1.33. The van der Waals surface area contributed by atoms with E-state index < -0.39 is 0 Å². The van der Waals surface area contributed by atoms with Crippen molar-refractivity contribution in [2.45, 2.75) is 46.6 Å². The van der Waals surface area contributed by atoms with E-state index >= 15 is 0 Å². The van der Waals surface area contributed by atoms with Crippen LogP contribution in [0.1, 0.15) is 52.1 Å². The Balaban J connectivity index is 2.95. The molecule has 0 aliphatic carbocycles. The van der Waals surface area contributed by atoms with Crippen LogP contribution in [-0.4, -0.2) is 13.2 Å². The van der Waals surface area contributed by atoms with E-state index in [-0.39, 0.29) is 0 Å². The molecular formula is C16H26BrNO. The van der Waals surface area contributed by atoms with Gasteiger partial charge in [-0.25, -0.2) is 0 Å². The summed E-state index contributed by atoms with van der Waals surface area (Å²) in [6.07, 6.45) is 2.45. The van der Waals surface area contributed by atoms with Crippen LogP contribution in [0.5, 0.6) is 5.75 Å². The fraction of sp³-hybridized carbons (Fsp3) is 0.625. The van der Waals surface area contributed by atoms with E-state index in [0.717, 1.165) is 16.8 Å². The Morgan fingerprint density at radius 1 is 1.26 bits per heavy atom. The zero-order chi connectivity index (χ0) is 14.3. The standard InChI is InChI=1S/C16H26BrNO/c1-5-8-12(4)16(18-6-2)14-10-9-13(19-7-3)11-15(14)17/h9-12,16,18H,5-8H2,1-4H3. The first-order chi connectivity index (χ1) is 9.13. The van der Waals surface area contributed by atoms with Gasteiger partial charge in [-0.15, -0.1) is 0 Å². The van der Waals surface area contributed by atoms with Crippen LogP contribution in [0.15, 0.2) is 22.7 Å². The van der Waals surface area contributed by atoms with Gasteiger partial charge in [-0.1, -0.05) is 49.2 Å². The molecule has 2 atom stereocenters. The minimum atomic E-state index is 0.398. The Hall–Kier alpha value is -0.540. The summed E-state index contributed by atoms with van der Waals surface area (Å²) in [7, 11) is 0. The number of nitrogens with one attached hydrogen (secondary N) is 1. The maximum absolute atomic E-state index is 5.54. The molecule has 2 unspecified atom stereocenters. The van der Waals surface area contributed by atoms with Crippen molar-refractivity contribution in [3.05, 3.63) is 28.2 Å². The van der Waals surface area contributed by atoms with E-state index in [4.69, 9.17) is 4.74 Å². The Kier molecular flexibility index (Phi) is 7.47. The average molecular weight is 328 g/mol. The number of rotatable bonds is 8. The summed E-state index contributed by atoms with van der Waals surface area (Å²) in [5.74, 6) is 1.55. The number of hydrogen-bond acceptors (Lipinski definition) is 2. The van der Waals surface area contributed by atoms with Crippen LogP contribution in [0.2, 0.25) is 0 Å². The Morgan fingerprint density at radius 3 is 2.53 bits per heavy atom. The van der Waals surface area contributed by atoms with Crippen molar-refractivity contribution in [3.63, 3.8) is 0 Å². The highest BCUT2D eigenvalue weighted by Crippen LogP contribution is 2.33. The largest absolute Gasteiger partial charge is 0.494 e. The van der Waals surface area contributed by atoms with E-state index in [0.29, 0.717) is 18.6 Å². The minimum absolute atomic E-state index is 0.398. The molecule has 0 aliphatic rings. The van der Waals surface area contributed by atoms with E-state index in [1.54, 1.807) is 0 Å².